The van der Waals surface area contributed by atoms with Crippen molar-refractivity contribution in [1.82, 2.24) is 4.90 Å². The molecule has 0 N–H and O–H groups in total. The minimum absolute atomic E-state index is 0.000934. The van der Waals surface area contributed by atoms with Gasteiger partial charge in [-0.25, -0.2) is 9.59 Å². The zero-order valence-corrected chi connectivity index (χ0v) is 15.6. The summed E-state index contributed by atoms with van der Waals surface area (Å²) in [4.78, 5) is 25.1. The summed E-state index contributed by atoms with van der Waals surface area (Å²) in [5.74, 6) is -0.833. The highest BCUT2D eigenvalue weighted by atomic mass is 19.4. The zero-order valence-electron chi connectivity index (χ0n) is 15.6. The molecular weight excluding hydrogens is 363 g/mol. The fourth-order valence-electron chi connectivity index (χ4n) is 2.71. The van der Waals surface area contributed by atoms with Crippen molar-refractivity contribution in [2.45, 2.75) is 39.0 Å². The summed E-state index contributed by atoms with van der Waals surface area (Å²) in [7, 11) is 1.11. The van der Waals surface area contributed by atoms with Crippen LogP contribution in [-0.4, -0.2) is 42.8 Å². The van der Waals surface area contributed by atoms with E-state index >= 15 is 0 Å². The van der Waals surface area contributed by atoms with Gasteiger partial charge >= 0.3 is 18.2 Å². The van der Waals surface area contributed by atoms with E-state index in [9.17, 15) is 22.8 Å². The van der Waals surface area contributed by atoms with Gasteiger partial charge in [-0.2, -0.15) is 13.2 Å². The van der Waals surface area contributed by atoms with E-state index in [0.717, 1.165) is 13.2 Å². The van der Waals surface area contributed by atoms with Crippen LogP contribution < -0.4 is 0 Å². The number of benzene rings is 1. The van der Waals surface area contributed by atoms with E-state index in [4.69, 9.17) is 4.74 Å². The van der Waals surface area contributed by atoms with Gasteiger partial charge in [0.2, 0.25) is 0 Å². The predicted octanol–water partition coefficient (Wildman–Crippen LogP) is 4.52. The van der Waals surface area contributed by atoms with Gasteiger partial charge < -0.3 is 14.4 Å². The van der Waals surface area contributed by atoms with Crippen molar-refractivity contribution in [3.63, 3.8) is 0 Å². The third-order valence-corrected chi connectivity index (χ3v) is 3.95. The molecule has 0 atom stereocenters. The highest BCUT2D eigenvalue weighted by Crippen LogP contribution is 2.37. The van der Waals surface area contributed by atoms with Gasteiger partial charge in [-0.1, -0.05) is 12.1 Å². The SMILES string of the molecule is COC(=O)c1ccc(C2=CCN(C(=O)OC(C)(C)C)CC2)c(C(F)(F)F)c1. The predicted molar refractivity (Wildman–Crippen MR) is 93.2 cm³/mol. The molecule has 1 aliphatic heterocycles. The Balaban J connectivity index is 2.28. The quantitative estimate of drug-likeness (QED) is 0.703. The minimum Gasteiger partial charge on any atom is -0.465 e. The third-order valence-electron chi connectivity index (χ3n) is 3.95. The Bertz CT molecular complexity index is 763. The van der Waals surface area contributed by atoms with E-state index in [1.807, 2.05) is 0 Å². The fraction of sp³-hybridized carbons (Fsp3) is 0.474. The van der Waals surface area contributed by atoms with Crippen molar-refractivity contribution < 1.29 is 32.2 Å². The average Bonchev–Trinajstić information content (AvgIpc) is 2.58. The lowest BCUT2D eigenvalue weighted by molar-refractivity contribution is -0.137. The molecule has 0 fully saturated rings. The Morgan fingerprint density at radius 3 is 2.30 bits per heavy atom. The van der Waals surface area contributed by atoms with Crippen LogP contribution >= 0.6 is 0 Å². The van der Waals surface area contributed by atoms with Crippen LogP contribution in [0.3, 0.4) is 0 Å². The topological polar surface area (TPSA) is 55.8 Å². The normalized spacial score (nSPS) is 15.2. The van der Waals surface area contributed by atoms with Gasteiger partial charge in [0.1, 0.15) is 5.60 Å². The molecule has 0 unspecified atom stereocenters. The van der Waals surface area contributed by atoms with Gasteiger partial charge in [-0.3, -0.25) is 0 Å². The van der Waals surface area contributed by atoms with Gasteiger partial charge in [-0.05, 0) is 50.5 Å². The maximum Gasteiger partial charge on any atom is 0.417 e. The number of amides is 1. The molecule has 1 amide bonds. The lowest BCUT2D eigenvalue weighted by Gasteiger charge is -2.30. The van der Waals surface area contributed by atoms with Crippen LogP contribution in [0.1, 0.15) is 48.7 Å². The highest BCUT2D eigenvalue weighted by molar-refractivity contribution is 5.90. The molecule has 5 nitrogen and oxygen atoms in total. The summed E-state index contributed by atoms with van der Waals surface area (Å²) in [5.41, 5.74) is -1.24. The van der Waals surface area contributed by atoms with Crippen molar-refractivity contribution in [3.8, 4) is 0 Å². The number of hydrogen-bond donors (Lipinski definition) is 0. The number of carbonyl (C=O) groups is 2. The van der Waals surface area contributed by atoms with Crippen LogP contribution in [0.4, 0.5) is 18.0 Å². The average molecular weight is 385 g/mol. The van der Waals surface area contributed by atoms with Gasteiger partial charge in [0.25, 0.3) is 0 Å². The Morgan fingerprint density at radius 1 is 1.15 bits per heavy atom. The summed E-state index contributed by atoms with van der Waals surface area (Å²) in [6.07, 6.45) is -3.30. The second-order valence-corrected chi connectivity index (χ2v) is 7.16. The summed E-state index contributed by atoms with van der Waals surface area (Å²) < 4.78 is 50.2. The summed E-state index contributed by atoms with van der Waals surface area (Å²) >= 11 is 0. The zero-order chi connectivity index (χ0) is 20.4. The number of esters is 1. The van der Waals surface area contributed by atoms with Crippen molar-refractivity contribution in [3.05, 3.63) is 41.0 Å². The van der Waals surface area contributed by atoms with E-state index < -0.39 is 29.4 Å². The van der Waals surface area contributed by atoms with Crippen molar-refractivity contribution in [2.75, 3.05) is 20.2 Å². The first-order chi connectivity index (χ1) is 12.4. The number of halogens is 3. The molecule has 1 aromatic carbocycles. The highest BCUT2D eigenvalue weighted by Gasteiger charge is 2.35. The summed E-state index contributed by atoms with van der Waals surface area (Å²) in [5, 5.41) is 0. The standard InChI is InChI=1S/C19H22F3NO4/c1-18(2,3)27-17(25)23-9-7-12(8-10-23)14-6-5-13(16(24)26-4)11-15(14)19(20,21)22/h5-7,11H,8-10H2,1-4H3. The van der Waals surface area contributed by atoms with Crippen molar-refractivity contribution >= 4 is 17.6 Å². The fourth-order valence-corrected chi connectivity index (χ4v) is 2.71. The molecule has 1 heterocycles. The van der Waals surface area contributed by atoms with E-state index in [1.165, 1.54) is 17.0 Å². The van der Waals surface area contributed by atoms with E-state index in [-0.39, 0.29) is 30.6 Å². The van der Waals surface area contributed by atoms with Crippen LogP contribution in [0.15, 0.2) is 24.3 Å². The maximum absolute atomic E-state index is 13.5. The van der Waals surface area contributed by atoms with E-state index in [1.54, 1.807) is 26.8 Å². The van der Waals surface area contributed by atoms with Gasteiger partial charge in [-0.15, -0.1) is 0 Å². The van der Waals surface area contributed by atoms with Crippen LogP contribution in [0, 0.1) is 0 Å². The second kappa shape index (κ2) is 7.62. The lowest BCUT2D eigenvalue weighted by Crippen LogP contribution is -2.39. The minimum atomic E-state index is -4.62. The van der Waals surface area contributed by atoms with Crippen LogP contribution in [0.25, 0.3) is 5.57 Å². The molecular formula is C19H22F3NO4. The second-order valence-electron chi connectivity index (χ2n) is 7.16. The number of methoxy groups -OCH3 is 1. The summed E-state index contributed by atoms with van der Waals surface area (Å²) in [6.45, 7) is 5.63. The number of carbonyl (C=O) groups excluding carboxylic acids is 2. The molecule has 1 aromatic rings. The number of hydrogen-bond acceptors (Lipinski definition) is 4. The molecule has 2 rings (SSSR count). The van der Waals surface area contributed by atoms with Gasteiger partial charge in [0.15, 0.2) is 0 Å². The monoisotopic (exact) mass is 385 g/mol. The first-order valence-electron chi connectivity index (χ1n) is 8.39. The number of nitrogens with zero attached hydrogens (tertiary/aromatic N) is 1. The summed E-state index contributed by atoms with van der Waals surface area (Å²) in [6, 6.07) is 3.36. The first-order valence-corrected chi connectivity index (χ1v) is 8.39. The first kappa shape index (κ1) is 20.8. The molecule has 0 saturated carbocycles. The molecule has 27 heavy (non-hydrogen) atoms. The Hall–Kier alpha value is -2.51. The molecule has 0 saturated heterocycles. The van der Waals surface area contributed by atoms with Crippen molar-refractivity contribution in [2.24, 2.45) is 0 Å². The number of alkyl halides is 3. The van der Waals surface area contributed by atoms with E-state index in [0.29, 0.717) is 5.57 Å². The van der Waals surface area contributed by atoms with E-state index in [2.05, 4.69) is 4.74 Å². The van der Waals surface area contributed by atoms with Gasteiger partial charge in [0, 0.05) is 13.1 Å². The Morgan fingerprint density at radius 2 is 1.81 bits per heavy atom. The molecule has 0 spiro atoms. The molecule has 148 valence electrons. The Labute approximate surface area is 155 Å². The smallest absolute Gasteiger partial charge is 0.417 e. The molecule has 1 aliphatic rings. The molecule has 0 bridgehead atoms. The van der Waals surface area contributed by atoms with Crippen LogP contribution in [-0.2, 0) is 15.7 Å². The van der Waals surface area contributed by atoms with Crippen LogP contribution in [0.2, 0.25) is 0 Å². The van der Waals surface area contributed by atoms with Crippen LogP contribution in [0.5, 0.6) is 0 Å². The number of rotatable bonds is 2. The molecule has 0 radical (unpaired) electrons. The maximum atomic E-state index is 13.5. The number of ether oxygens (including phenoxy) is 2. The largest absolute Gasteiger partial charge is 0.465 e. The molecule has 0 aliphatic carbocycles. The molecule has 8 heteroatoms. The Kier molecular flexibility index (Phi) is 5.87. The van der Waals surface area contributed by atoms with Gasteiger partial charge in [0.05, 0.1) is 18.2 Å². The lowest BCUT2D eigenvalue weighted by atomic mass is 9.93. The third kappa shape index (κ3) is 5.24. The van der Waals surface area contributed by atoms with Crippen molar-refractivity contribution in [1.29, 1.82) is 0 Å². The molecule has 0 aromatic heterocycles.